The van der Waals surface area contributed by atoms with Crippen LogP contribution < -0.4 is 0 Å². The summed E-state index contributed by atoms with van der Waals surface area (Å²) >= 11 is 0. The lowest BCUT2D eigenvalue weighted by molar-refractivity contribution is 0.0482. The van der Waals surface area contributed by atoms with E-state index in [2.05, 4.69) is 0 Å². The van der Waals surface area contributed by atoms with E-state index >= 15 is 0 Å². The van der Waals surface area contributed by atoms with Gasteiger partial charge in [0.2, 0.25) is 0 Å². The monoisotopic (exact) mass is 452 g/mol. The van der Waals surface area contributed by atoms with Crippen molar-refractivity contribution in [3.8, 4) is 0 Å². The lowest BCUT2D eigenvalue weighted by Gasteiger charge is -2.25. The lowest BCUT2D eigenvalue weighted by atomic mass is 10.3. The van der Waals surface area contributed by atoms with Gasteiger partial charge in [0.1, 0.15) is 0 Å². The van der Waals surface area contributed by atoms with Gasteiger partial charge in [0, 0.05) is 0 Å². The second-order valence-electron chi connectivity index (χ2n) is 6.84. The number of rotatable bonds is 6. The second kappa shape index (κ2) is 7.09. The summed E-state index contributed by atoms with van der Waals surface area (Å²) in [6.07, 6.45) is -2.36. The zero-order valence-corrected chi connectivity index (χ0v) is 17.2. The molecule has 3 saturated heterocycles. The van der Waals surface area contributed by atoms with Gasteiger partial charge in [0.15, 0.2) is 29.5 Å². The standard InChI is InChI=1S/C12H21O10PS3/c13-23(20-10-1-4-24(14,15)7-10,21-11-2-5-25(16,17)8-11)22-12-3-6-26(18,19)9-12/h10-12H,1-9H2. The number of hydrogen-bond donors (Lipinski definition) is 0. The maximum absolute atomic E-state index is 13.1. The van der Waals surface area contributed by atoms with E-state index in [4.69, 9.17) is 13.6 Å². The van der Waals surface area contributed by atoms with Gasteiger partial charge >= 0.3 is 7.82 Å². The molecular formula is C12H21O10PS3. The maximum atomic E-state index is 13.1. The molecule has 26 heavy (non-hydrogen) atoms. The van der Waals surface area contributed by atoms with Gasteiger partial charge < -0.3 is 0 Å². The molecule has 0 amide bonds. The van der Waals surface area contributed by atoms with Crippen LogP contribution in [0.15, 0.2) is 0 Å². The van der Waals surface area contributed by atoms with E-state index in [1.807, 2.05) is 0 Å². The second-order valence-corrected chi connectivity index (χ2v) is 15.1. The Kier molecular flexibility index (Phi) is 5.64. The molecule has 14 heteroatoms. The average Bonchev–Trinajstić information content (AvgIpc) is 3.07. The Labute approximate surface area is 153 Å². The van der Waals surface area contributed by atoms with Crippen LogP contribution in [0.3, 0.4) is 0 Å². The van der Waals surface area contributed by atoms with Gasteiger partial charge in [0.25, 0.3) is 0 Å². The highest BCUT2D eigenvalue weighted by molar-refractivity contribution is 7.92. The van der Waals surface area contributed by atoms with E-state index in [0.717, 1.165) is 0 Å². The number of phosphoric ester groups is 1. The van der Waals surface area contributed by atoms with Crippen molar-refractivity contribution in [1.82, 2.24) is 0 Å². The first-order valence-corrected chi connectivity index (χ1v) is 15.0. The van der Waals surface area contributed by atoms with E-state index in [0.29, 0.717) is 0 Å². The molecule has 0 aromatic heterocycles. The summed E-state index contributed by atoms with van der Waals surface area (Å²) in [6, 6.07) is 0. The first-order valence-electron chi connectivity index (χ1n) is 8.12. The van der Waals surface area contributed by atoms with Crippen LogP contribution >= 0.6 is 7.82 Å². The Balaban J connectivity index is 1.73. The van der Waals surface area contributed by atoms with Gasteiger partial charge in [-0.25, -0.2) is 29.8 Å². The van der Waals surface area contributed by atoms with Gasteiger partial charge in [-0.3, -0.25) is 13.6 Å². The molecule has 0 radical (unpaired) electrons. The zero-order valence-electron chi connectivity index (χ0n) is 13.9. The van der Waals surface area contributed by atoms with Crippen molar-refractivity contribution in [2.45, 2.75) is 37.6 Å². The molecule has 3 unspecified atom stereocenters. The molecule has 3 heterocycles. The molecule has 0 aliphatic carbocycles. The minimum Gasteiger partial charge on any atom is -0.282 e. The van der Waals surface area contributed by atoms with E-state index in [1.165, 1.54) is 0 Å². The summed E-state index contributed by atoms with van der Waals surface area (Å²) in [5, 5.41) is 0. The van der Waals surface area contributed by atoms with Crippen molar-refractivity contribution in [1.29, 1.82) is 0 Å². The molecule has 152 valence electrons. The van der Waals surface area contributed by atoms with Crippen molar-refractivity contribution < 1.29 is 43.4 Å². The van der Waals surface area contributed by atoms with Crippen LogP contribution in [0.25, 0.3) is 0 Å². The first-order chi connectivity index (χ1) is 11.9. The van der Waals surface area contributed by atoms with Crippen LogP contribution in [0.2, 0.25) is 0 Å². The Morgan fingerprint density at radius 1 is 0.577 bits per heavy atom. The zero-order chi connectivity index (χ0) is 19.2. The molecule has 3 aliphatic heterocycles. The minimum atomic E-state index is -4.33. The lowest BCUT2D eigenvalue weighted by Crippen LogP contribution is -2.23. The Morgan fingerprint density at radius 2 is 0.846 bits per heavy atom. The van der Waals surface area contributed by atoms with Crippen molar-refractivity contribution in [2.75, 3.05) is 34.5 Å². The Bertz CT molecular complexity index is 788. The molecular weight excluding hydrogens is 431 g/mol. The maximum Gasteiger partial charge on any atom is 0.475 e. The smallest absolute Gasteiger partial charge is 0.282 e. The molecule has 0 saturated carbocycles. The SMILES string of the molecule is O=P(OC1CCS(=O)(=O)C1)(OC1CCS(=O)(=O)C1)OC1CCS(=O)(=O)C1. The van der Waals surface area contributed by atoms with E-state index in [-0.39, 0.29) is 53.8 Å². The van der Waals surface area contributed by atoms with Crippen molar-refractivity contribution in [3.05, 3.63) is 0 Å². The summed E-state index contributed by atoms with van der Waals surface area (Å²) in [7, 11) is -14.3. The number of sulfone groups is 3. The summed E-state index contributed by atoms with van der Waals surface area (Å²) in [4.78, 5) is 0. The molecule has 0 aromatic rings. The molecule has 3 aliphatic rings. The number of phosphoric acid groups is 1. The van der Waals surface area contributed by atoms with Crippen molar-refractivity contribution in [3.63, 3.8) is 0 Å². The van der Waals surface area contributed by atoms with Crippen LogP contribution in [0.4, 0.5) is 0 Å². The van der Waals surface area contributed by atoms with Gasteiger partial charge in [-0.15, -0.1) is 0 Å². The fraction of sp³-hybridized carbons (Fsp3) is 1.00. The largest absolute Gasteiger partial charge is 0.475 e. The van der Waals surface area contributed by atoms with Gasteiger partial charge in [-0.1, -0.05) is 0 Å². The normalized spacial score (nSPS) is 37.5. The Morgan fingerprint density at radius 3 is 1.04 bits per heavy atom. The molecule has 0 N–H and O–H groups in total. The molecule has 3 fully saturated rings. The van der Waals surface area contributed by atoms with Gasteiger partial charge in [0.05, 0.1) is 52.8 Å². The van der Waals surface area contributed by atoms with Crippen molar-refractivity contribution >= 4 is 37.3 Å². The third-order valence-corrected chi connectivity index (χ3v) is 11.3. The van der Waals surface area contributed by atoms with Crippen molar-refractivity contribution in [2.24, 2.45) is 0 Å². The third kappa shape index (κ3) is 5.49. The van der Waals surface area contributed by atoms with Crippen LogP contribution in [-0.4, -0.2) is 78.1 Å². The van der Waals surface area contributed by atoms with Crippen LogP contribution in [0.5, 0.6) is 0 Å². The van der Waals surface area contributed by atoms with Crippen LogP contribution in [-0.2, 0) is 47.6 Å². The highest BCUT2D eigenvalue weighted by atomic mass is 32.2. The minimum absolute atomic E-state index is 0.116. The molecule has 0 spiro atoms. The molecule has 3 atom stereocenters. The highest BCUT2D eigenvalue weighted by Gasteiger charge is 2.44. The summed E-state index contributed by atoms with van der Waals surface area (Å²) < 4.78 is 98.5. The van der Waals surface area contributed by atoms with E-state index in [9.17, 15) is 29.8 Å². The fourth-order valence-electron chi connectivity index (χ4n) is 3.15. The number of hydrogen-bond acceptors (Lipinski definition) is 10. The third-order valence-electron chi connectivity index (χ3n) is 4.41. The molecule has 0 bridgehead atoms. The van der Waals surface area contributed by atoms with Crippen LogP contribution in [0, 0.1) is 0 Å². The first kappa shape index (κ1) is 20.7. The predicted molar refractivity (Wildman–Crippen MR) is 92.0 cm³/mol. The Hall–Kier alpha value is -0.0400. The average molecular weight is 452 g/mol. The summed E-state index contributed by atoms with van der Waals surface area (Å²) in [5.41, 5.74) is 0. The van der Waals surface area contributed by atoms with Gasteiger partial charge in [-0.05, 0) is 19.3 Å². The topological polar surface area (TPSA) is 147 Å². The fourth-order valence-corrected chi connectivity index (χ4v) is 10.0. The molecule has 3 rings (SSSR count). The summed E-state index contributed by atoms with van der Waals surface area (Å²) in [5.74, 6) is -1.37. The quantitative estimate of drug-likeness (QED) is 0.492. The summed E-state index contributed by atoms with van der Waals surface area (Å²) in [6.45, 7) is 0. The van der Waals surface area contributed by atoms with Gasteiger partial charge in [-0.2, -0.15) is 0 Å². The molecule has 0 aromatic carbocycles. The molecule has 10 nitrogen and oxygen atoms in total. The van der Waals surface area contributed by atoms with E-state index < -0.39 is 55.6 Å². The van der Waals surface area contributed by atoms with E-state index in [1.54, 1.807) is 0 Å². The van der Waals surface area contributed by atoms with Crippen LogP contribution in [0.1, 0.15) is 19.3 Å². The highest BCUT2D eigenvalue weighted by Crippen LogP contribution is 2.55. The predicted octanol–water partition coefficient (Wildman–Crippen LogP) is -0.294.